The predicted molar refractivity (Wildman–Crippen MR) is 101 cm³/mol. The van der Waals surface area contributed by atoms with Crippen LogP contribution in [0.2, 0.25) is 0 Å². The number of carbonyl (C=O) groups excluding carboxylic acids is 1. The zero-order valence-corrected chi connectivity index (χ0v) is 15.7. The lowest BCUT2D eigenvalue weighted by Crippen LogP contribution is -2.45. The first-order valence-electron chi connectivity index (χ1n) is 7.56. The maximum atomic E-state index is 11.8. The van der Waals surface area contributed by atoms with Gasteiger partial charge in [-0.05, 0) is 24.5 Å². The van der Waals surface area contributed by atoms with Gasteiger partial charge in [-0.2, -0.15) is 0 Å². The first-order valence-corrected chi connectivity index (χ1v) is 7.56. The summed E-state index contributed by atoms with van der Waals surface area (Å²) in [6, 6.07) is 7.41. The Labute approximate surface area is 155 Å². The van der Waals surface area contributed by atoms with E-state index in [4.69, 9.17) is 15.2 Å². The van der Waals surface area contributed by atoms with Crippen LogP contribution in [-0.4, -0.2) is 52.4 Å². The highest BCUT2D eigenvalue weighted by atomic mass is 35.5. The average Bonchev–Trinajstić information content (AvgIpc) is 3.01. The monoisotopic (exact) mass is 379 g/mol. The Hall–Kier alpha value is -1.21. The molecule has 1 amide bonds. The van der Waals surface area contributed by atoms with Crippen molar-refractivity contribution in [1.82, 2.24) is 5.32 Å². The zero-order valence-electron chi connectivity index (χ0n) is 14.1. The van der Waals surface area contributed by atoms with E-state index in [1.165, 1.54) is 7.11 Å². The van der Waals surface area contributed by atoms with E-state index < -0.39 is 6.04 Å². The molecule has 0 aromatic heterocycles. The van der Waals surface area contributed by atoms with E-state index in [9.17, 15) is 4.79 Å². The fraction of sp³-hybridized carbons (Fsp3) is 0.562. The number of rotatable bonds is 7. The topological polar surface area (TPSA) is 76.8 Å². The van der Waals surface area contributed by atoms with Crippen LogP contribution in [0, 0.1) is 5.92 Å². The molecule has 24 heavy (non-hydrogen) atoms. The molecule has 0 saturated carbocycles. The summed E-state index contributed by atoms with van der Waals surface area (Å²) in [4.78, 5) is 14.1. The van der Waals surface area contributed by atoms with Gasteiger partial charge in [0, 0.05) is 26.7 Å². The van der Waals surface area contributed by atoms with Crippen molar-refractivity contribution in [2.75, 3.05) is 45.4 Å². The molecule has 6 nitrogen and oxygen atoms in total. The van der Waals surface area contributed by atoms with E-state index in [2.05, 4.69) is 16.3 Å². The number of carbonyl (C=O) groups is 1. The third-order valence-corrected chi connectivity index (χ3v) is 3.96. The van der Waals surface area contributed by atoms with Crippen LogP contribution < -0.4 is 20.7 Å². The van der Waals surface area contributed by atoms with Gasteiger partial charge in [0.15, 0.2) is 0 Å². The number of para-hydroxylation sites is 2. The maximum absolute atomic E-state index is 11.8. The highest BCUT2D eigenvalue weighted by Gasteiger charge is 2.25. The van der Waals surface area contributed by atoms with Gasteiger partial charge in [0.25, 0.3) is 0 Å². The molecule has 3 N–H and O–H groups in total. The molecular weight excluding hydrogens is 353 g/mol. The number of ether oxygens (including phenoxy) is 2. The minimum absolute atomic E-state index is 0. The third-order valence-electron chi connectivity index (χ3n) is 3.96. The molecule has 0 spiro atoms. The quantitative estimate of drug-likeness (QED) is 0.749. The van der Waals surface area contributed by atoms with Crippen LogP contribution in [0.5, 0.6) is 5.75 Å². The number of hydrogen-bond acceptors (Lipinski definition) is 5. The zero-order chi connectivity index (χ0) is 15.9. The van der Waals surface area contributed by atoms with Crippen LogP contribution in [0.15, 0.2) is 24.3 Å². The number of halogens is 2. The minimum atomic E-state index is -0.600. The smallest absolute Gasteiger partial charge is 0.239 e. The Morgan fingerprint density at radius 2 is 2.08 bits per heavy atom. The Balaban J connectivity index is 0.00000264. The largest absolute Gasteiger partial charge is 0.495 e. The van der Waals surface area contributed by atoms with Gasteiger partial charge in [-0.15, -0.1) is 24.8 Å². The molecule has 1 aliphatic heterocycles. The minimum Gasteiger partial charge on any atom is -0.495 e. The van der Waals surface area contributed by atoms with Gasteiger partial charge in [0.2, 0.25) is 5.91 Å². The van der Waals surface area contributed by atoms with Gasteiger partial charge in [-0.3, -0.25) is 4.79 Å². The van der Waals surface area contributed by atoms with Crippen molar-refractivity contribution in [3.8, 4) is 5.75 Å². The lowest BCUT2D eigenvalue weighted by atomic mass is 10.1. The Bertz CT molecular complexity index is 505. The molecule has 1 fully saturated rings. The van der Waals surface area contributed by atoms with E-state index in [0.29, 0.717) is 12.5 Å². The van der Waals surface area contributed by atoms with Crippen LogP contribution in [0.4, 0.5) is 5.69 Å². The van der Waals surface area contributed by atoms with Gasteiger partial charge < -0.3 is 25.4 Å². The van der Waals surface area contributed by atoms with Crippen LogP contribution in [0.25, 0.3) is 0 Å². The molecule has 0 aliphatic carbocycles. The molecular formula is C16H27Cl2N3O3. The van der Waals surface area contributed by atoms with E-state index in [-0.39, 0.29) is 37.3 Å². The van der Waals surface area contributed by atoms with E-state index >= 15 is 0 Å². The van der Waals surface area contributed by atoms with Crippen molar-refractivity contribution in [1.29, 1.82) is 0 Å². The maximum Gasteiger partial charge on any atom is 0.239 e. The number of anilines is 1. The second kappa shape index (κ2) is 11.4. The number of amides is 1. The predicted octanol–water partition coefficient (Wildman–Crippen LogP) is 1.46. The fourth-order valence-electron chi connectivity index (χ4n) is 2.74. The van der Waals surface area contributed by atoms with Crippen LogP contribution >= 0.6 is 24.8 Å². The fourth-order valence-corrected chi connectivity index (χ4v) is 2.74. The summed E-state index contributed by atoms with van der Waals surface area (Å²) in [5.74, 6) is 1.15. The summed E-state index contributed by atoms with van der Waals surface area (Å²) in [6.07, 6.45) is 1.04. The number of benzene rings is 1. The SMILES string of the molecule is COCC(N)C(=O)NCC1CCN(c2ccccc2OC)C1.Cl.Cl. The lowest BCUT2D eigenvalue weighted by molar-refractivity contribution is -0.123. The molecule has 8 heteroatoms. The first-order chi connectivity index (χ1) is 10.7. The van der Waals surface area contributed by atoms with Crippen molar-refractivity contribution in [3.63, 3.8) is 0 Å². The molecule has 0 bridgehead atoms. The van der Waals surface area contributed by atoms with E-state index in [1.54, 1.807) is 7.11 Å². The third kappa shape index (κ3) is 6.02. The van der Waals surface area contributed by atoms with Crippen molar-refractivity contribution < 1.29 is 14.3 Å². The van der Waals surface area contributed by atoms with E-state index in [1.807, 2.05) is 18.2 Å². The van der Waals surface area contributed by atoms with Crippen molar-refractivity contribution in [3.05, 3.63) is 24.3 Å². The van der Waals surface area contributed by atoms with Crippen LogP contribution in [0.1, 0.15) is 6.42 Å². The summed E-state index contributed by atoms with van der Waals surface area (Å²) in [7, 11) is 3.22. The van der Waals surface area contributed by atoms with E-state index in [0.717, 1.165) is 30.9 Å². The molecule has 1 aliphatic rings. The highest BCUT2D eigenvalue weighted by Crippen LogP contribution is 2.31. The summed E-state index contributed by atoms with van der Waals surface area (Å²) in [5.41, 5.74) is 6.81. The molecule has 138 valence electrons. The lowest BCUT2D eigenvalue weighted by Gasteiger charge is -2.21. The molecule has 1 aromatic carbocycles. The Morgan fingerprint density at radius 1 is 1.38 bits per heavy atom. The number of hydrogen-bond donors (Lipinski definition) is 2. The van der Waals surface area contributed by atoms with Crippen molar-refractivity contribution in [2.45, 2.75) is 12.5 Å². The number of nitrogens with one attached hydrogen (secondary N) is 1. The number of methoxy groups -OCH3 is 2. The number of nitrogens with zero attached hydrogens (tertiary/aromatic N) is 1. The standard InChI is InChI=1S/C16H25N3O3.2ClH/c1-21-11-13(17)16(20)18-9-12-7-8-19(10-12)14-5-3-4-6-15(14)22-2;;/h3-6,12-13H,7-11,17H2,1-2H3,(H,18,20);2*1H. The number of nitrogens with two attached hydrogens (primary N) is 1. The van der Waals surface area contributed by atoms with Gasteiger partial charge in [0.05, 0.1) is 19.4 Å². The summed E-state index contributed by atoms with van der Waals surface area (Å²) in [5, 5.41) is 2.91. The molecule has 1 saturated heterocycles. The normalized spacial score (nSPS) is 17.5. The summed E-state index contributed by atoms with van der Waals surface area (Å²) < 4.78 is 10.3. The van der Waals surface area contributed by atoms with Gasteiger partial charge in [0.1, 0.15) is 11.8 Å². The van der Waals surface area contributed by atoms with Gasteiger partial charge in [-0.25, -0.2) is 0 Å². The molecule has 2 rings (SSSR count). The van der Waals surface area contributed by atoms with Gasteiger partial charge >= 0.3 is 0 Å². The highest BCUT2D eigenvalue weighted by molar-refractivity contribution is 5.85. The Morgan fingerprint density at radius 3 is 2.75 bits per heavy atom. The van der Waals surface area contributed by atoms with Crippen molar-refractivity contribution >= 4 is 36.4 Å². The molecule has 0 radical (unpaired) electrons. The Kier molecular flexibility index (Phi) is 10.8. The van der Waals surface area contributed by atoms with Crippen molar-refractivity contribution in [2.24, 2.45) is 11.7 Å². The average molecular weight is 380 g/mol. The molecule has 1 aromatic rings. The second-order valence-corrected chi connectivity index (χ2v) is 5.58. The summed E-state index contributed by atoms with van der Waals surface area (Å²) >= 11 is 0. The molecule has 1 heterocycles. The second-order valence-electron chi connectivity index (χ2n) is 5.58. The van der Waals surface area contributed by atoms with Crippen LogP contribution in [-0.2, 0) is 9.53 Å². The molecule has 2 unspecified atom stereocenters. The molecule has 2 atom stereocenters. The first kappa shape index (κ1) is 22.8. The summed E-state index contributed by atoms with van der Waals surface area (Å²) in [6.45, 7) is 2.75. The van der Waals surface area contributed by atoms with Crippen LogP contribution in [0.3, 0.4) is 0 Å². The van der Waals surface area contributed by atoms with Gasteiger partial charge in [-0.1, -0.05) is 12.1 Å².